The van der Waals surface area contributed by atoms with Gasteiger partial charge in [-0.3, -0.25) is 4.79 Å². The van der Waals surface area contributed by atoms with Crippen LogP contribution in [0.4, 0.5) is 18.9 Å². The fourth-order valence-electron chi connectivity index (χ4n) is 2.97. The molecule has 1 amide bonds. The second kappa shape index (κ2) is 8.58. The monoisotopic (exact) mass is 432 g/mol. The van der Waals surface area contributed by atoms with Crippen LogP contribution in [0.3, 0.4) is 0 Å². The van der Waals surface area contributed by atoms with Crippen molar-refractivity contribution in [1.29, 1.82) is 0 Å². The second-order valence-electron chi connectivity index (χ2n) is 6.96. The number of hydrogen-bond acceptors (Lipinski definition) is 5. The van der Waals surface area contributed by atoms with Gasteiger partial charge >= 0.3 is 12.1 Å². The zero-order valence-corrected chi connectivity index (χ0v) is 16.9. The van der Waals surface area contributed by atoms with E-state index in [4.69, 9.17) is 4.74 Å². The molecule has 7 nitrogen and oxygen atoms in total. The second-order valence-corrected chi connectivity index (χ2v) is 6.96. The van der Waals surface area contributed by atoms with E-state index in [1.54, 1.807) is 19.1 Å². The molecule has 31 heavy (non-hydrogen) atoms. The number of carbonyl (C=O) groups is 2. The normalized spacial score (nSPS) is 11.3. The molecule has 10 heteroatoms. The predicted octanol–water partition coefficient (Wildman–Crippen LogP) is 4.01. The fraction of sp³-hybridized carbons (Fsp3) is 0.238. The lowest BCUT2D eigenvalue weighted by atomic mass is 10.1. The van der Waals surface area contributed by atoms with Gasteiger partial charge in [-0.2, -0.15) is 18.3 Å². The van der Waals surface area contributed by atoms with Crippen molar-refractivity contribution in [3.05, 3.63) is 70.7 Å². The number of alkyl halides is 3. The maximum atomic E-state index is 12.7. The number of rotatable bonds is 5. The lowest BCUT2D eigenvalue weighted by Gasteiger charge is -2.09. The molecule has 3 rings (SSSR count). The molecule has 0 saturated heterocycles. The van der Waals surface area contributed by atoms with Crippen LogP contribution in [0.15, 0.2) is 42.7 Å². The Bertz CT molecular complexity index is 1100. The lowest BCUT2D eigenvalue weighted by molar-refractivity contribution is -0.137. The topological polar surface area (TPSA) is 86.1 Å². The molecule has 0 spiro atoms. The van der Waals surface area contributed by atoms with E-state index in [9.17, 15) is 22.8 Å². The summed E-state index contributed by atoms with van der Waals surface area (Å²) < 4.78 is 44.3. The van der Waals surface area contributed by atoms with E-state index in [2.05, 4.69) is 15.4 Å². The summed E-state index contributed by atoms with van der Waals surface area (Å²) >= 11 is 0. The Morgan fingerprint density at radius 3 is 2.32 bits per heavy atom. The molecule has 0 radical (unpaired) electrons. The number of nitrogens with one attached hydrogen (secondary N) is 1. The Morgan fingerprint density at radius 1 is 1.06 bits per heavy atom. The van der Waals surface area contributed by atoms with E-state index in [0.717, 1.165) is 23.3 Å². The Morgan fingerprint density at radius 2 is 1.74 bits per heavy atom. The minimum Gasteiger partial charge on any atom is -0.452 e. The van der Waals surface area contributed by atoms with Crippen molar-refractivity contribution in [3.8, 4) is 5.82 Å². The molecule has 0 aliphatic carbocycles. The van der Waals surface area contributed by atoms with Crippen LogP contribution in [-0.2, 0) is 15.7 Å². The van der Waals surface area contributed by atoms with E-state index in [1.165, 1.54) is 10.9 Å². The molecule has 0 fully saturated rings. The summed E-state index contributed by atoms with van der Waals surface area (Å²) in [4.78, 5) is 28.2. The highest BCUT2D eigenvalue weighted by Crippen LogP contribution is 2.28. The van der Waals surface area contributed by atoms with Gasteiger partial charge in [0.25, 0.3) is 5.91 Å². The van der Waals surface area contributed by atoms with Gasteiger partial charge in [0.15, 0.2) is 12.4 Å². The quantitative estimate of drug-likeness (QED) is 0.616. The van der Waals surface area contributed by atoms with Gasteiger partial charge in [-0.15, -0.1) is 0 Å². The summed E-state index contributed by atoms with van der Waals surface area (Å²) in [7, 11) is 0. The maximum absolute atomic E-state index is 12.7. The van der Waals surface area contributed by atoms with E-state index in [1.807, 2.05) is 19.9 Å². The van der Waals surface area contributed by atoms with E-state index in [-0.39, 0.29) is 11.4 Å². The fourth-order valence-corrected chi connectivity index (χ4v) is 2.97. The molecule has 2 heterocycles. The Labute approximate surface area is 175 Å². The van der Waals surface area contributed by atoms with Gasteiger partial charge in [-0.1, -0.05) is 6.07 Å². The number of amides is 1. The number of aryl methyl sites for hydroxylation is 2. The number of anilines is 1. The van der Waals surface area contributed by atoms with Gasteiger partial charge < -0.3 is 10.1 Å². The number of nitrogens with zero attached hydrogens (tertiary/aromatic N) is 3. The molecular formula is C21H19F3N4O3. The third kappa shape index (κ3) is 5.27. The average molecular weight is 432 g/mol. The van der Waals surface area contributed by atoms with Crippen LogP contribution in [0.1, 0.15) is 32.7 Å². The van der Waals surface area contributed by atoms with Crippen molar-refractivity contribution >= 4 is 17.6 Å². The predicted molar refractivity (Wildman–Crippen MR) is 106 cm³/mol. The van der Waals surface area contributed by atoms with Crippen molar-refractivity contribution in [2.75, 3.05) is 11.9 Å². The molecule has 3 aromatic rings. The number of esters is 1. The van der Waals surface area contributed by atoms with Crippen LogP contribution in [-0.4, -0.2) is 33.2 Å². The summed E-state index contributed by atoms with van der Waals surface area (Å²) in [5, 5.41) is 6.64. The zero-order valence-electron chi connectivity index (χ0n) is 16.9. The highest BCUT2D eigenvalue weighted by molar-refractivity contribution is 5.96. The first-order chi connectivity index (χ1) is 14.5. The van der Waals surface area contributed by atoms with Gasteiger partial charge in [0, 0.05) is 11.9 Å². The van der Waals surface area contributed by atoms with Gasteiger partial charge in [-0.25, -0.2) is 14.5 Å². The van der Waals surface area contributed by atoms with Crippen molar-refractivity contribution in [1.82, 2.24) is 14.8 Å². The number of carbonyl (C=O) groups excluding carboxylic acids is 2. The summed E-state index contributed by atoms with van der Waals surface area (Å²) in [5.41, 5.74) is 2.04. The number of halogens is 3. The molecular weight excluding hydrogens is 413 g/mol. The lowest BCUT2D eigenvalue weighted by Crippen LogP contribution is -2.21. The van der Waals surface area contributed by atoms with Crippen LogP contribution >= 0.6 is 0 Å². The minimum atomic E-state index is -4.50. The Balaban J connectivity index is 1.65. The Hall–Kier alpha value is -3.69. The van der Waals surface area contributed by atoms with Gasteiger partial charge in [0.1, 0.15) is 5.56 Å². The molecule has 1 aromatic carbocycles. The zero-order chi connectivity index (χ0) is 22.8. The highest BCUT2D eigenvalue weighted by Gasteiger charge is 2.31. The summed E-state index contributed by atoms with van der Waals surface area (Å²) in [5.74, 6) is -1.18. The number of pyridine rings is 1. The first-order valence-corrected chi connectivity index (χ1v) is 9.18. The van der Waals surface area contributed by atoms with Crippen molar-refractivity contribution in [3.63, 3.8) is 0 Å². The molecule has 0 saturated carbocycles. The first-order valence-electron chi connectivity index (χ1n) is 9.18. The van der Waals surface area contributed by atoms with Gasteiger partial charge in [0.05, 0.1) is 17.5 Å². The van der Waals surface area contributed by atoms with E-state index >= 15 is 0 Å². The molecule has 0 unspecified atom stereocenters. The molecule has 0 aliphatic heterocycles. The number of benzene rings is 1. The number of ether oxygens (including phenoxy) is 1. The summed E-state index contributed by atoms with van der Waals surface area (Å²) in [6.45, 7) is 4.83. The van der Waals surface area contributed by atoms with Crippen LogP contribution in [0.5, 0.6) is 0 Å². The van der Waals surface area contributed by atoms with E-state index < -0.39 is 30.2 Å². The molecule has 162 valence electrons. The van der Waals surface area contributed by atoms with Crippen LogP contribution < -0.4 is 5.32 Å². The first kappa shape index (κ1) is 22.0. The highest BCUT2D eigenvalue weighted by atomic mass is 19.4. The van der Waals surface area contributed by atoms with Crippen LogP contribution in [0.25, 0.3) is 5.82 Å². The smallest absolute Gasteiger partial charge is 0.417 e. The van der Waals surface area contributed by atoms with Crippen LogP contribution in [0, 0.1) is 20.8 Å². The molecule has 1 N–H and O–H groups in total. The number of aromatic nitrogens is 3. The standard InChI is InChI=1S/C21H19F3N4O3/c1-12-6-13(2)8-16(7-12)27-19(29)11-31-20(30)17-10-26-28(14(17)3)18-5-4-15(9-25-18)21(22,23)24/h4-10H,11H2,1-3H3,(H,27,29). The van der Waals surface area contributed by atoms with Crippen molar-refractivity contribution in [2.24, 2.45) is 0 Å². The third-order valence-corrected chi connectivity index (χ3v) is 4.36. The van der Waals surface area contributed by atoms with Crippen molar-refractivity contribution in [2.45, 2.75) is 26.9 Å². The van der Waals surface area contributed by atoms with Crippen molar-refractivity contribution < 1.29 is 27.5 Å². The molecule has 0 bridgehead atoms. The largest absolute Gasteiger partial charge is 0.452 e. The summed E-state index contributed by atoms with van der Waals surface area (Å²) in [6.07, 6.45) is -2.61. The average Bonchev–Trinajstić information content (AvgIpc) is 3.06. The third-order valence-electron chi connectivity index (χ3n) is 4.36. The SMILES string of the molecule is Cc1cc(C)cc(NC(=O)COC(=O)c2cnn(-c3ccc(C(F)(F)F)cn3)c2C)c1. The molecule has 2 aromatic heterocycles. The minimum absolute atomic E-state index is 0.0703. The maximum Gasteiger partial charge on any atom is 0.417 e. The molecule has 0 atom stereocenters. The molecule has 0 aliphatic rings. The number of hydrogen-bond donors (Lipinski definition) is 1. The van der Waals surface area contributed by atoms with Crippen LogP contribution in [0.2, 0.25) is 0 Å². The van der Waals surface area contributed by atoms with E-state index in [0.29, 0.717) is 17.6 Å². The van der Waals surface area contributed by atoms with Gasteiger partial charge in [0.2, 0.25) is 0 Å². The Kier molecular flexibility index (Phi) is 6.09. The summed E-state index contributed by atoms with van der Waals surface area (Å²) in [6, 6.07) is 7.56. The van der Waals surface area contributed by atoms with Gasteiger partial charge in [-0.05, 0) is 56.2 Å².